The minimum Gasteiger partial charge on any atom is -0.326 e. The summed E-state index contributed by atoms with van der Waals surface area (Å²) in [5.41, 5.74) is 2.97. The summed E-state index contributed by atoms with van der Waals surface area (Å²) in [7, 11) is 0. The number of hydrogen-bond acceptors (Lipinski definition) is 6. The molecule has 9 heteroatoms. The Balaban J connectivity index is 1.39. The van der Waals surface area contributed by atoms with Crippen molar-refractivity contribution >= 4 is 11.6 Å². The van der Waals surface area contributed by atoms with Gasteiger partial charge in [-0.3, -0.25) is 14.3 Å². The second-order valence-corrected chi connectivity index (χ2v) is 11.2. The number of aryl methyl sites for hydroxylation is 2. The Morgan fingerprint density at radius 1 is 1.22 bits per heavy atom. The quantitative estimate of drug-likeness (QED) is 0.420. The van der Waals surface area contributed by atoms with Crippen molar-refractivity contribution in [3.8, 4) is 0 Å². The molecule has 2 heterocycles. The van der Waals surface area contributed by atoms with Gasteiger partial charge < -0.3 is 9.88 Å². The molecule has 2 saturated carbocycles. The molecule has 2 aliphatic rings. The van der Waals surface area contributed by atoms with E-state index in [1.165, 1.54) is 6.42 Å². The van der Waals surface area contributed by atoms with E-state index in [1.54, 1.807) is 0 Å². The second kappa shape index (κ2) is 10.0. The zero-order valence-electron chi connectivity index (χ0n) is 21.6. The summed E-state index contributed by atoms with van der Waals surface area (Å²) in [6.45, 7) is 8.57. The van der Waals surface area contributed by atoms with Crippen molar-refractivity contribution in [2.75, 3.05) is 5.32 Å². The highest BCUT2D eigenvalue weighted by atomic mass is 16.5. The number of hydrogen-bond donors (Lipinski definition) is 2. The maximum atomic E-state index is 13.2. The van der Waals surface area contributed by atoms with E-state index in [2.05, 4.69) is 44.1 Å². The Labute approximate surface area is 211 Å². The van der Waals surface area contributed by atoms with Crippen LogP contribution in [-0.4, -0.2) is 30.8 Å². The van der Waals surface area contributed by atoms with Crippen molar-refractivity contribution in [3.63, 3.8) is 0 Å². The third-order valence-electron chi connectivity index (χ3n) is 7.44. The standard InChI is InChI=1S/C27H36N6O3/c1-15(2)9-18-11-19(12-18)25-30-31-26(33(25)21-6-7-21)20(13-23-29-27(35)36-32-23)14-24(34)28-22-8-5-16(3)10-17(22)4/h5,8,10,15,18-21H,6-7,9,11-14H2,1-4H3,(H,28,34)(H,29,32,35). The number of carbonyl (C=O) groups is 1. The van der Waals surface area contributed by atoms with Gasteiger partial charge in [-0.2, -0.15) is 0 Å². The van der Waals surface area contributed by atoms with Gasteiger partial charge in [0, 0.05) is 36.4 Å². The van der Waals surface area contributed by atoms with Gasteiger partial charge in [-0.1, -0.05) is 36.7 Å². The highest BCUT2D eigenvalue weighted by molar-refractivity contribution is 5.92. The maximum absolute atomic E-state index is 13.2. The molecule has 2 aliphatic carbocycles. The molecule has 0 saturated heterocycles. The fourth-order valence-corrected chi connectivity index (χ4v) is 5.60. The van der Waals surface area contributed by atoms with Gasteiger partial charge in [-0.05, 0) is 69.4 Å². The predicted octanol–water partition coefficient (Wildman–Crippen LogP) is 4.80. The minimum absolute atomic E-state index is 0.106. The van der Waals surface area contributed by atoms with Crippen LogP contribution in [0.4, 0.5) is 5.69 Å². The van der Waals surface area contributed by atoms with Gasteiger partial charge in [0.25, 0.3) is 0 Å². The molecule has 1 unspecified atom stereocenters. The molecule has 192 valence electrons. The highest BCUT2D eigenvalue weighted by Crippen LogP contribution is 2.48. The Bertz CT molecular complexity index is 1280. The van der Waals surface area contributed by atoms with Crippen LogP contribution in [0.2, 0.25) is 0 Å². The lowest BCUT2D eigenvalue weighted by atomic mass is 9.71. The van der Waals surface area contributed by atoms with Crippen molar-refractivity contribution in [1.82, 2.24) is 24.9 Å². The molecule has 3 aromatic rings. The fraction of sp³-hybridized carbons (Fsp3) is 0.593. The summed E-state index contributed by atoms with van der Waals surface area (Å²) in [5.74, 6) is 3.16. The third kappa shape index (κ3) is 5.44. The molecular formula is C27H36N6O3. The van der Waals surface area contributed by atoms with E-state index in [1.807, 2.05) is 32.0 Å². The molecule has 36 heavy (non-hydrogen) atoms. The second-order valence-electron chi connectivity index (χ2n) is 11.2. The summed E-state index contributed by atoms with van der Waals surface area (Å²) >= 11 is 0. The van der Waals surface area contributed by atoms with E-state index in [0.717, 1.165) is 60.1 Å². The number of anilines is 1. The molecule has 0 spiro atoms. The molecule has 0 aliphatic heterocycles. The molecule has 1 amide bonds. The molecular weight excluding hydrogens is 456 g/mol. The fourth-order valence-electron chi connectivity index (χ4n) is 5.60. The van der Waals surface area contributed by atoms with Crippen LogP contribution in [0.3, 0.4) is 0 Å². The Morgan fingerprint density at radius 2 is 2.00 bits per heavy atom. The lowest BCUT2D eigenvalue weighted by Gasteiger charge is -2.36. The van der Waals surface area contributed by atoms with Gasteiger partial charge in [-0.25, -0.2) is 4.79 Å². The topological polar surface area (TPSA) is 119 Å². The molecule has 5 rings (SSSR count). The molecule has 9 nitrogen and oxygen atoms in total. The van der Waals surface area contributed by atoms with Gasteiger partial charge in [0.15, 0.2) is 5.82 Å². The number of aromatic amines is 1. The van der Waals surface area contributed by atoms with Crippen LogP contribution in [0, 0.1) is 25.7 Å². The van der Waals surface area contributed by atoms with Crippen molar-refractivity contribution < 1.29 is 9.32 Å². The smallest absolute Gasteiger partial charge is 0.326 e. The van der Waals surface area contributed by atoms with Crippen molar-refractivity contribution in [2.24, 2.45) is 11.8 Å². The van der Waals surface area contributed by atoms with E-state index in [0.29, 0.717) is 30.1 Å². The normalized spacial score (nSPS) is 20.4. The van der Waals surface area contributed by atoms with Crippen LogP contribution in [-0.2, 0) is 11.2 Å². The van der Waals surface area contributed by atoms with Crippen molar-refractivity contribution in [3.05, 3.63) is 57.3 Å². The molecule has 1 aromatic carbocycles. The third-order valence-corrected chi connectivity index (χ3v) is 7.44. The van der Waals surface area contributed by atoms with E-state index in [4.69, 9.17) is 4.52 Å². The van der Waals surface area contributed by atoms with Gasteiger partial charge >= 0.3 is 5.76 Å². The lowest BCUT2D eigenvalue weighted by molar-refractivity contribution is -0.116. The van der Waals surface area contributed by atoms with E-state index >= 15 is 0 Å². The number of H-pyrrole nitrogens is 1. The SMILES string of the molecule is Cc1ccc(NC(=O)CC(Cc2noc(=O)[nH]2)c2nnc(C3CC(CC(C)C)C3)n2C2CC2)c(C)c1. The number of nitrogens with zero attached hydrogens (tertiary/aromatic N) is 4. The van der Waals surface area contributed by atoms with Crippen LogP contribution in [0.25, 0.3) is 0 Å². The number of carbonyl (C=O) groups excluding carboxylic acids is 1. The molecule has 1 atom stereocenters. The number of nitrogens with one attached hydrogen (secondary N) is 2. The number of aromatic nitrogens is 5. The van der Waals surface area contributed by atoms with Gasteiger partial charge in [0.1, 0.15) is 11.6 Å². The first kappa shape index (κ1) is 24.5. The summed E-state index contributed by atoms with van der Waals surface area (Å²) in [5, 5.41) is 16.2. The first-order chi connectivity index (χ1) is 17.3. The molecule has 2 aromatic heterocycles. The summed E-state index contributed by atoms with van der Waals surface area (Å²) in [6.07, 6.45) is 6.30. The van der Waals surface area contributed by atoms with Crippen LogP contribution in [0.15, 0.2) is 27.5 Å². The van der Waals surface area contributed by atoms with Crippen molar-refractivity contribution in [1.29, 1.82) is 0 Å². The predicted molar refractivity (Wildman–Crippen MR) is 136 cm³/mol. The molecule has 0 radical (unpaired) electrons. The number of amides is 1. The van der Waals surface area contributed by atoms with E-state index in [9.17, 15) is 9.59 Å². The average Bonchev–Trinajstić information content (AvgIpc) is 3.40. The average molecular weight is 493 g/mol. The van der Waals surface area contributed by atoms with Gasteiger partial charge in [0.05, 0.1) is 0 Å². The van der Waals surface area contributed by atoms with Crippen LogP contribution < -0.4 is 11.1 Å². The number of rotatable bonds is 10. The van der Waals surface area contributed by atoms with Crippen LogP contribution in [0.5, 0.6) is 0 Å². The lowest BCUT2D eigenvalue weighted by Crippen LogP contribution is -2.27. The Hall–Kier alpha value is -3.23. The monoisotopic (exact) mass is 492 g/mol. The Morgan fingerprint density at radius 3 is 2.64 bits per heavy atom. The van der Waals surface area contributed by atoms with Crippen molar-refractivity contribution in [2.45, 2.75) is 90.5 Å². The highest BCUT2D eigenvalue weighted by Gasteiger charge is 2.40. The first-order valence-electron chi connectivity index (χ1n) is 13.1. The Kier molecular flexibility index (Phi) is 6.81. The van der Waals surface area contributed by atoms with E-state index < -0.39 is 5.76 Å². The maximum Gasteiger partial charge on any atom is 0.438 e. The van der Waals surface area contributed by atoms with Crippen LogP contribution >= 0.6 is 0 Å². The first-order valence-corrected chi connectivity index (χ1v) is 13.1. The largest absolute Gasteiger partial charge is 0.438 e. The zero-order chi connectivity index (χ0) is 25.4. The molecule has 0 bridgehead atoms. The number of benzene rings is 1. The van der Waals surface area contributed by atoms with Crippen LogP contribution in [0.1, 0.15) is 98.9 Å². The van der Waals surface area contributed by atoms with Gasteiger partial charge in [-0.15, -0.1) is 10.2 Å². The summed E-state index contributed by atoms with van der Waals surface area (Å²) in [6, 6.07) is 6.35. The summed E-state index contributed by atoms with van der Waals surface area (Å²) < 4.78 is 7.02. The molecule has 2 fully saturated rings. The zero-order valence-corrected chi connectivity index (χ0v) is 21.6. The molecule has 2 N–H and O–H groups in total. The van der Waals surface area contributed by atoms with E-state index in [-0.39, 0.29) is 18.2 Å². The van der Waals surface area contributed by atoms with Gasteiger partial charge in [0.2, 0.25) is 5.91 Å². The minimum atomic E-state index is -0.599. The summed E-state index contributed by atoms with van der Waals surface area (Å²) in [4.78, 5) is 27.4.